The van der Waals surface area contributed by atoms with Gasteiger partial charge in [-0.05, 0) is 30.2 Å². The number of hydrogen-bond donors (Lipinski definition) is 1. The Labute approximate surface area is 220 Å². The van der Waals surface area contributed by atoms with Gasteiger partial charge < -0.3 is 14.6 Å². The van der Waals surface area contributed by atoms with Gasteiger partial charge in [0.25, 0.3) is 5.56 Å². The molecule has 0 saturated carbocycles. The molecule has 4 aromatic rings. The summed E-state index contributed by atoms with van der Waals surface area (Å²) >= 11 is 0. The highest BCUT2D eigenvalue weighted by Crippen LogP contribution is 2.34. The molecule has 3 heterocycles. The summed E-state index contributed by atoms with van der Waals surface area (Å²) in [5.41, 5.74) is -2.39. The van der Waals surface area contributed by atoms with E-state index >= 15 is 0 Å². The number of aryl methyl sites for hydroxylation is 1. The van der Waals surface area contributed by atoms with Gasteiger partial charge in [-0.1, -0.05) is 12.1 Å². The van der Waals surface area contributed by atoms with Crippen LogP contribution in [0, 0.1) is 0 Å². The van der Waals surface area contributed by atoms with E-state index in [1.54, 1.807) is 0 Å². The van der Waals surface area contributed by atoms with Gasteiger partial charge in [-0.3, -0.25) is 18.9 Å². The molecule has 0 spiro atoms. The topological polar surface area (TPSA) is 108 Å². The van der Waals surface area contributed by atoms with E-state index in [0.717, 1.165) is 45.8 Å². The molecule has 3 aromatic heterocycles. The van der Waals surface area contributed by atoms with Gasteiger partial charge in [0.1, 0.15) is 28.6 Å². The Morgan fingerprint density at radius 3 is 2.33 bits per heavy atom. The Balaban J connectivity index is 1.89. The molecular formula is C25H20F6N4O5. The lowest BCUT2D eigenvalue weighted by Crippen LogP contribution is -2.40. The molecule has 0 saturated heterocycles. The van der Waals surface area contributed by atoms with E-state index in [0.29, 0.717) is 0 Å². The second kappa shape index (κ2) is 11.0. The lowest BCUT2D eigenvalue weighted by Gasteiger charge is -2.17. The van der Waals surface area contributed by atoms with Gasteiger partial charge >= 0.3 is 18.2 Å². The van der Waals surface area contributed by atoms with E-state index in [1.165, 1.54) is 19.2 Å². The molecule has 0 aliphatic heterocycles. The summed E-state index contributed by atoms with van der Waals surface area (Å²) in [6, 6.07) is 6.44. The molecule has 212 valence electrons. The number of aliphatic hydroxyl groups is 1. The highest BCUT2D eigenvalue weighted by atomic mass is 19.4. The van der Waals surface area contributed by atoms with Crippen LogP contribution in [0.3, 0.4) is 0 Å². The van der Waals surface area contributed by atoms with E-state index in [9.17, 15) is 41.0 Å². The first kappa shape index (κ1) is 28.6. The van der Waals surface area contributed by atoms with Gasteiger partial charge in [0.05, 0.1) is 11.6 Å². The zero-order valence-corrected chi connectivity index (χ0v) is 20.6. The highest BCUT2D eigenvalue weighted by molar-refractivity contribution is 5.81. The van der Waals surface area contributed by atoms with E-state index in [1.807, 2.05) is 0 Å². The minimum Gasteiger partial charge on any atom is -0.455 e. The van der Waals surface area contributed by atoms with Crippen molar-refractivity contribution in [1.82, 2.24) is 19.1 Å². The van der Waals surface area contributed by atoms with Crippen molar-refractivity contribution in [1.29, 1.82) is 0 Å². The summed E-state index contributed by atoms with van der Waals surface area (Å²) in [5, 5.41) is 9.09. The molecule has 40 heavy (non-hydrogen) atoms. The van der Waals surface area contributed by atoms with Crippen molar-refractivity contribution in [2.45, 2.75) is 31.9 Å². The number of aliphatic hydroxyl groups excluding tert-OH is 1. The van der Waals surface area contributed by atoms with E-state index < -0.39 is 35.2 Å². The summed E-state index contributed by atoms with van der Waals surface area (Å²) in [6.07, 6.45) is -7.68. The fraction of sp³-hybridized carbons (Fsp3) is 0.280. The molecule has 1 N–H and O–H groups in total. The van der Waals surface area contributed by atoms with Crippen LogP contribution in [-0.2, 0) is 26.2 Å². The van der Waals surface area contributed by atoms with Gasteiger partial charge in [0.15, 0.2) is 0 Å². The Morgan fingerprint density at radius 1 is 0.975 bits per heavy atom. The number of pyridine rings is 2. The fourth-order valence-corrected chi connectivity index (χ4v) is 3.95. The lowest BCUT2D eigenvalue weighted by molar-refractivity contribution is -0.274. The summed E-state index contributed by atoms with van der Waals surface area (Å²) < 4.78 is 88.8. The largest absolute Gasteiger partial charge is 0.573 e. The van der Waals surface area contributed by atoms with Crippen molar-refractivity contribution < 1.29 is 40.9 Å². The molecule has 0 unspecified atom stereocenters. The molecule has 0 aliphatic rings. The molecule has 4 rings (SSSR count). The maximum atomic E-state index is 13.5. The third kappa shape index (κ3) is 6.25. The SMILES string of the molecule is Cn1c(=O)n(CCCO)c(=O)c2c(Cc3ccc(C(F)(F)F)nc3)c(Oc3cccc(OC(F)(F)F)c3)cnc21. The molecule has 0 aliphatic carbocycles. The molecule has 0 amide bonds. The molecular weight excluding hydrogens is 550 g/mol. The van der Waals surface area contributed by atoms with Crippen molar-refractivity contribution >= 4 is 11.0 Å². The minimum atomic E-state index is -4.96. The maximum Gasteiger partial charge on any atom is 0.573 e. The Morgan fingerprint density at radius 2 is 1.70 bits per heavy atom. The van der Waals surface area contributed by atoms with Gasteiger partial charge in [-0.15, -0.1) is 13.2 Å². The van der Waals surface area contributed by atoms with Crippen LogP contribution >= 0.6 is 0 Å². The first-order valence-electron chi connectivity index (χ1n) is 11.6. The first-order chi connectivity index (χ1) is 18.8. The standard InChI is InChI=1S/C25H20F6N4O5/c1-34-21-20(22(37)35(23(34)38)8-3-9-36)17(10-14-6-7-19(32-12-14)24(26,27)28)18(13-33-21)39-15-4-2-5-16(11-15)40-25(29,30)31/h2,4-7,11-13,36H,3,8-10H2,1H3. The van der Waals surface area contributed by atoms with Gasteiger partial charge in [0.2, 0.25) is 0 Å². The van der Waals surface area contributed by atoms with Crippen molar-refractivity contribution in [3.63, 3.8) is 0 Å². The number of aromatic nitrogens is 4. The highest BCUT2D eigenvalue weighted by Gasteiger charge is 2.32. The average Bonchev–Trinajstić information content (AvgIpc) is 2.87. The summed E-state index contributed by atoms with van der Waals surface area (Å²) in [4.78, 5) is 33.8. The van der Waals surface area contributed by atoms with Crippen LogP contribution in [0.15, 0.2) is 58.4 Å². The Bertz CT molecular complexity index is 1650. The predicted octanol–water partition coefficient (Wildman–Crippen LogP) is 4.17. The Kier molecular flexibility index (Phi) is 7.86. The number of alkyl halides is 6. The van der Waals surface area contributed by atoms with Crippen molar-refractivity contribution in [3.8, 4) is 17.2 Å². The number of benzene rings is 1. The number of ether oxygens (including phenoxy) is 2. The number of nitrogens with zero attached hydrogens (tertiary/aromatic N) is 4. The van der Waals surface area contributed by atoms with Crippen LogP contribution in [0.4, 0.5) is 26.3 Å². The van der Waals surface area contributed by atoms with Gasteiger partial charge in [-0.25, -0.2) is 9.78 Å². The number of fused-ring (bicyclic) bond motifs is 1. The van der Waals surface area contributed by atoms with Gasteiger partial charge in [-0.2, -0.15) is 13.2 Å². The summed E-state index contributed by atoms with van der Waals surface area (Å²) in [6.45, 7) is -0.448. The second-order valence-corrected chi connectivity index (χ2v) is 8.53. The zero-order valence-electron chi connectivity index (χ0n) is 20.6. The van der Waals surface area contributed by atoms with Crippen LogP contribution in [0.5, 0.6) is 17.2 Å². The fourth-order valence-electron chi connectivity index (χ4n) is 3.95. The molecule has 0 fully saturated rings. The summed E-state index contributed by atoms with van der Waals surface area (Å²) in [7, 11) is 1.36. The van der Waals surface area contributed by atoms with E-state index in [2.05, 4.69) is 14.7 Å². The van der Waals surface area contributed by atoms with Crippen LogP contribution in [0.25, 0.3) is 11.0 Å². The van der Waals surface area contributed by atoms with Crippen LogP contribution < -0.4 is 20.7 Å². The monoisotopic (exact) mass is 570 g/mol. The van der Waals surface area contributed by atoms with Gasteiger partial charge in [0, 0.05) is 44.4 Å². The molecule has 15 heteroatoms. The summed E-state index contributed by atoms with van der Waals surface area (Å²) in [5.74, 6) is -0.817. The predicted molar refractivity (Wildman–Crippen MR) is 128 cm³/mol. The third-order valence-corrected chi connectivity index (χ3v) is 5.72. The van der Waals surface area contributed by atoms with Crippen LogP contribution in [0.1, 0.15) is 23.2 Å². The smallest absolute Gasteiger partial charge is 0.455 e. The number of hydrogen-bond acceptors (Lipinski definition) is 7. The molecule has 0 atom stereocenters. The first-order valence-corrected chi connectivity index (χ1v) is 11.6. The molecule has 1 aromatic carbocycles. The van der Waals surface area contributed by atoms with Crippen LogP contribution in [0.2, 0.25) is 0 Å². The minimum absolute atomic E-state index is 0.0633. The molecule has 0 radical (unpaired) electrons. The lowest BCUT2D eigenvalue weighted by atomic mass is 10.0. The van der Waals surface area contributed by atoms with Crippen LogP contribution in [-0.4, -0.2) is 37.2 Å². The molecule has 0 bridgehead atoms. The number of halogens is 6. The quantitative estimate of drug-likeness (QED) is 0.317. The maximum absolute atomic E-state index is 13.5. The van der Waals surface area contributed by atoms with Crippen molar-refractivity contribution in [3.05, 3.63) is 86.5 Å². The normalized spacial score (nSPS) is 12.1. The molecule has 9 nitrogen and oxygen atoms in total. The number of rotatable bonds is 8. The third-order valence-electron chi connectivity index (χ3n) is 5.72. The second-order valence-electron chi connectivity index (χ2n) is 8.53. The Hall–Kier alpha value is -4.40. The van der Waals surface area contributed by atoms with E-state index in [4.69, 9.17) is 4.74 Å². The van der Waals surface area contributed by atoms with Crippen molar-refractivity contribution in [2.75, 3.05) is 6.61 Å². The van der Waals surface area contributed by atoms with Crippen molar-refractivity contribution in [2.24, 2.45) is 7.05 Å². The van der Waals surface area contributed by atoms with E-state index in [-0.39, 0.29) is 59.7 Å². The average molecular weight is 570 g/mol. The zero-order chi connectivity index (χ0) is 29.2.